The Bertz CT molecular complexity index is 269. The molecule has 0 N–H and O–H groups in total. The Morgan fingerprint density at radius 1 is 0.818 bits per heavy atom. The van der Waals surface area contributed by atoms with Gasteiger partial charge in [0, 0.05) is 0 Å². The molecule has 6 atom stereocenters. The molecule has 0 nitrogen and oxygen atoms in total. The van der Waals surface area contributed by atoms with Gasteiger partial charge in [0.2, 0.25) is 0 Å². The Morgan fingerprint density at radius 2 is 1.50 bits per heavy atom. The van der Waals surface area contributed by atoms with Crippen molar-refractivity contribution < 1.29 is 0 Å². The molecule has 0 amide bonds. The molecule has 0 aromatic rings. The third-order valence-corrected chi connectivity index (χ3v) is 7.11. The zero-order chi connectivity index (χ0) is 16.5. The Balaban J connectivity index is 2.18. The summed E-state index contributed by atoms with van der Waals surface area (Å²) in [6.45, 7) is 14.6. The van der Waals surface area contributed by atoms with E-state index in [1.165, 1.54) is 64.2 Å². The first-order valence-corrected chi connectivity index (χ1v) is 10.5. The molecule has 1 fully saturated rings. The Hall–Kier alpha value is 0. The normalized spacial score (nSPS) is 27.5. The van der Waals surface area contributed by atoms with Gasteiger partial charge >= 0.3 is 0 Å². The number of unbranched alkanes of at least 4 members (excludes halogenated alkanes) is 1. The molecule has 0 spiro atoms. The van der Waals surface area contributed by atoms with Crippen LogP contribution >= 0.6 is 0 Å². The summed E-state index contributed by atoms with van der Waals surface area (Å²) < 4.78 is 0. The zero-order valence-electron chi connectivity index (χ0n) is 16.5. The second-order valence-corrected chi connectivity index (χ2v) is 8.54. The van der Waals surface area contributed by atoms with Gasteiger partial charge in [0.1, 0.15) is 0 Å². The van der Waals surface area contributed by atoms with E-state index in [4.69, 9.17) is 0 Å². The van der Waals surface area contributed by atoms with Crippen molar-refractivity contribution in [2.75, 3.05) is 0 Å². The van der Waals surface area contributed by atoms with Crippen molar-refractivity contribution >= 4 is 0 Å². The lowest BCUT2D eigenvalue weighted by atomic mass is 9.78. The Kier molecular flexibility index (Phi) is 9.76. The summed E-state index contributed by atoms with van der Waals surface area (Å²) in [5.74, 6) is 5.85. The maximum Gasteiger partial charge on any atom is -0.0365 e. The lowest BCUT2D eigenvalue weighted by molar-refractivity contribution is 0.223. The molecular formula is C22H44. The molecule has 0 saturated heterocycles. The van der Waals surface area contributed by atoms with E-state index in [-0.39, 0.29) is 0 Å². The molecule has 1 rings (SSSR count). The lowest BCUT2D eigenvalue weighted by Gasteiger charge is -2.28. The van der Waals surface area contributed by atoms with Crippen LogP contribution in [0.25, 0.3) is 0 Å². The minimum absolute atomic E-state index is 0.906. The molecule has 0 bridgehead atoms. The molecule has 0 aliphatic heterocycles. The maximum atomic E-state index is 2.53. The fourth-order valence-electron chi connectivity index (χ4n) is 5.05. The number of hydrogen-bond donors (Lipinski definition) is 0. The predicted molar refractivity (Wildman–Crippen MR) is 101 cm³/mol. The van der Waals surface area contributed by atoms with E-state index in [2.05, 4.69) is 41.5 Å². The van der Waals surface area contributed by atoms with Crippen molar-refractivity contribution in [3.8, 4) is 0 Å². The summed E-state index contributed by atoms with van der Waals surface area (Å²) >= 11 is 0. The number of hydrogen-bond acceptors (Lipinski definition) is 0. The highest BCUT2D eigenvalue weighted by molar-refractivity contribution is 4.78. The topological polar surface area (TPSA) is 0 Å². The highest BCUT2D eigenvalue weighted by Gasteiger charge is 2.27. The van der Waals surface area contributed by atoms with E-state index in [0.717, 1.165) is 35.5 Å². The van der Waals surface area contributed by atoms with E-state index in [9.17, 15) is 0 Å². The summed E-state index contributed by atoms with van der Waals surface area (Å²) in [7, 11) is 0. The molecule has 0 aromatic carbocycles. The van der Waals surface area contributed by atoms with Crippen LogP contribution in [0.2, 0.25) is 0 Å². The minimum Gasteiger partial charge on any atom is -0.0651 e. The fraction of sp³-hybridized carbons (Fsp3) is 1.00. The predicted octanol–water partition coefficient (Wildman–Crippen LogP) is 7.72. The van der Waals surface area contributed by atoms with Gasteiger partial charge in [-0.1, -0.05) is 92.9 Å². The van der Waals surface area contributed by atoms with Gasteiger partial charge in [-0.25, -0.2) is 0 Å². The molecule has 22 heavy (non-hydrogen) atoms. The number of rotatable bonds is 11. The van der Waals surface area contributed by atoms with Crippen LogP contribution in [0.15, 0.2) is 0 Å². The monoisotopic (exact) mass is 308 g/mol. The van der Waals surface area contributed by atoms with E-state index in [0.29, 0.717) is 0 Å². The molecule has 1 aliphatic rings. The van der Waals surface area contributed by atoms with Crippen LogP contribution in [0.1, 0.15) is 106 Å². The van der Waals surface area contributed by atoms with E-state index in [1.54, 1.807) is 0 Å². The van der Waals surface area contributed by atoms with Crippen molar-refractivity contribution in [2.45, 2.75) is 106 Å². The lowest BCUT2D eigenvalue weighted by Crippen LogP contribution is -2.18. The van der Waals surface area contributed by atoms with Crippen molar-refractivity contribution in [1.82, 2.24) is 0 Å². The molecule has 0 heteroatoms. The SMILES string of the molecule is CCC1CCC(C(C)CCCCC(C)C(CC)C(C)CC)C1. The largest absolute Gasteiger partial charge is 0.0651 e. The molecule has 1 aliphatic carbocycles. The van der Waals surface area contributed by atoms with Gasteiger partial charge in [0.25, 0.3) is 0 Å². The van der Waals surface area contributed by atoms with Crippen LogP contribution in [0.4, 0.5) is 0 Å². The van der Waals surface area contributed by atoms with Gasteiger partial charge in [0.15, 0.2) is 0 Å². The molecule has 0 aromatic heterocycles. The molecular weight excluding hydrogens is 264 g/mol. The van der Waals surface area contributed by atoms with Crippen molar-refractivity contribution in [1.29, 1.82) is 0 Å². The average molecular weight is 309 g/mol. The first-order valence-electron chi connectivity index (χ1n) is 10.5. The standard InChI is InChI=1S/C22H44/c1-7-17(4)22(9-3)19(6)13-11-10-12-18(5)21-15-14-20(8-2)16-21/h17-22H,7-16H2,1-6H3. The summed E-state index contributed by atoms with van der Waals surface area (Å²) in [6.07, 6.45) is 14.5. The van der Waals surface area contributed by atoms with E-state index < -0.39 is 0 Å². The molecule has 6 unspecified atom stereocenters. The van der Waals surface area contributed by atoms with Gasteiger partial charge in [-0.05, 0) is 48.3 Å². The van der Waals surface area contributed by atoms with Crippen molar-refractivity contribution in [2.24, 2.45) is 35.5 Å². The summed E-state index contributed by atoms with van der Waals surface area (Å²) in [5, 5.41) is 0. The third kappa shape index (κ3) is 6.25. The highest BCUT2D eigenvalue weighted by Crippen LogP contribution is 2.39. The first kappa shape index (κ1) is 20.0. The summed E-state index contributed by atoms with van der Waals surface area (Å²) in [4.78, 5) is 0. The van der Waals surface area contributed by atoms with Crippen LogP contribution in [0.3, 0.4) is 0 Å². The van der Waals surface area contributed by atoms with Crippen LogP contribution in [-0.4, -0.2) is 0 Å². The Labute approximate surface area is 141 Å². The van der Waals surface area contributed by atoms with Gasteiger partial charge in [-0.3, -0.25) is 0 Å². The van der Waals surface area contributed by atoms with Crippen LogP contribution in [0.5, 0.6) is 0 Å². The second kappa shape index (κ2) is 10.7. The first-order chi connectivity index (χ1) is 10.5. The van der Waals surface area contributed by atoms with Crippen molar-refractivity contribution in [3.05, 3.63) is 0 Å². The highest BCUT2D eigenvalue weighted by atomic mass is 14.3. The van der Waals surface area contributed by atoms with Crippen LogP contribution < -0.4 is 0 Å². The Morgan fingerprint density at radius 3 is 2.05 bits per heavy atom. The van der Waals surface area contributed by atoms with Crippen LogP contribution in [-0.2, 0) is 0 Å². The second-order valence-electron chi connectivity index (χ2n) is 8.54. The minimum atomic E-state index is 0.906. The van der Waals surface area contributed by atoms with Crippen molar-refractivity contribution in [3.63, 3.8) is 0 Å². The fourth-order valence-corrected chi connectivity index (χ4v) is 5.05. The third-order valence-electron chi connectivity index (χ3n) is 7.11. The van der Waals surface area contributed by atoms with E-state index >= 15 is 0 Å². The van der Waals surface area contributed by atoms with Gasteiger partial charge < -0.3 is 0 Å². The maximum absolute atomic E-state index is 2.53. The van der Waals surface area contributed by atoms with Crippen LogP contribution in [0, 0.1) is 35.5 Å². The van der Waals surface area contributed by atoms with Gasteiger partial charge in [-0.15, -0.1) is 0 Å². The quantitative estimate of drug-likeness (QED) is 0.343. The molecule has 1 saturated carbocycles. The van der Waals surface area contributed by atoms with Gasteiger partial charge in [-0.2, -0.15) is 0 Å². The molecule has 0 radical (unpaired) electrons. The zero-order valence-corrected chi connectivity index (χ0v) is 16.5. The summed E-state index contributed by atoms with van der Waals surface area (Å²) in [6, 6.07) is 0. The smallest absolute Gasteiger partial charge is 0.0365 e. The molecule has 132 valence electrons. The molecule has 0 heterocycles. The van der Waals surface area contributed by atoms with Gasteiger partial charge in [0.05, 0.1) is 0 Å². The summed E-state index contributed by atoms with van der Waals surface area (Å²) in [5.41, 5.74) is 0. The average Bonchev–Trinajstić information content (AvgIpc) is 3.00. The van der Waals surface area contributed by atoms with E-state index in [1.807, 2.05) is 0 Å².